The van der Waals surface area contributed by atoms with Gasteiger partial charge in [0.1, 0.15) is 0 Å². The van der Waals surface area contributed by atoms with Crippen molar-refractivity contribution in [2.24, 2.45) is 5.92 Å². The summed E-state index contributed by atoms with van der Waals surface area (Å²) < 4.78 is 13.2. The number of carbonyl (C=O) groups is 1. The minimum absolute atomic E-state index is 0.00462. The van der Waals surface area contributed by atoms with E-state index in [0.717, 1.165) is 35.3 Å². The highest BCUT2D eigenvalue weighted by molar-refractivity contribution is 5.89. The van der Waals surface area contributed by atoms with Gasteiger partial charge < -0.3 is 25.2 Å². The maximum absolute atomic E-state index is 12.4. The van der Waals surface area contributed by atoms with Crippen LogP contribution in [0.15, 0.2) is 109 Å². The minimum Gasteiger partial charge on any atom is -0.392 e. The van der Waals surface area contributed by atoms with Gasteiger partial charge in [-0.15, -0.1) is 0 Å². The Morgan fingerprint density at radius 3 is 2.05 bits per heavy atom. The highest BCUT2D eigenvalue weighted by Crippen LogP contribution is 2.42. The number of urea groups is 1. The predicted octanol–water partition coefficient (Wildman–Crippen LogP) is 6.42. The fourth-order valence-corrected chi connectivity index (χ4v) is 5.27. The molecule has 1 heterocycles. The SMILES string of the molecule is C[C@@H]1[C@H](CN(C)Cc2ccccc2)O[C@H](c2ccc(NC(=O)NCc3ccccc3)cc2)O[C@@H]1c1ccc(CO)cc1. The van der Waals surface area contributed by atoms with Crippen LogP contribution in [0, 0.1) is 5.92 Å². The summed E-state index contributed by atoms with van der Waals surface area (Å²) in [6.07, 6.45) is -0.838. The van der Waals surface area contributed by atoms with Gasteiger partial charge in [-0.05, 0) is 41.4 Å². The lowest BCUT2D eigenvalue weighted by molar-refractivity contribution is -0.276. The molecule has 0 spiro atoms. The first-order valence-corrected chi connectivity index (χ1v) is 14.4. The number of anilines is 1. The number of aliphatic hydroxyl groups excluding tert-OH is 1. The molecular weight excluding hydrogens is 526 g/mol. The summed E-state index contributed by atoms with van der Waals surface area (Å²) in [6, 6.07) is 35.5. The zero-order chi connectivity index (χ0) is 29.3. The summed E-state index contributed by atoms with van der Waals surface area (Å²) >= 11 is 0. The van der Waals surface area contributed by atoms with E-state index in [0.29, 0.717) is 12.2 Å². The monoisotopic (exact) mass is 565 g/mol. The molecule has 1 aliphatic heterocycles. The molecule has 7 heteroatoms. The van der Waals surface area contributed by atoms with Crippen LogP contribution in [0.5, 0.6) is 0 Å². The summed E-state index contributed by atoms with van der Waals surface area (Å²) in [5.74, 6) is 0.0914. The lowest BCUT2D eigenvalue weighted by Gasteiger charge is -2.42. The summed E-state index contributed by atoms with van der Waals surface area (Å²) in [5, 5.41) is 15.3. The summed E-state index contributed by atoms with van der Waals surface area (Å²) in [5.41, 5.74) is 5.77. The first kappa shape index (κ1) is 29.5. The molecular formula is C35H39N3O4. The Kier molecular flexibility index (Phi) is 10.0. The molecule has 3 N–H and O–H groups in total. The van der Waals surface area contributed by atoms with E-state index in [1.807, 2.05) is 84.9 Å². The van der Waals surface area contributed by atoms with Gasteiger partial charge in [-0.1, -0.05) is 104 Å². The number of aliphatic hydroxyl groups is 1. The maximum Gasteiger partial charge on any atom is 0.319 e. The zero-order valence-corrected chi connectivity index (χ0v) is 24.1. The molecule has 5 rings (SSSR count). The third-order valence-corrected chi connectivity index (χ3v) is 7.65. The number of carbonyl (C=O) groups excluding carboxylic acids is 1. The van der Waals surface area contributed by atoms with E-state index in [4.69, 9.17) is 9.47 Å². The largest absolute Gasteiger partial charge is 0.392 e. The number of nitrogens with one attached hydrogen (secondary N) is 2. The van der Waals surface area contributed by atoms with Crippen LogP contribution in [0.4, 0.5) is 10.5 Å². The Morgan fingerprint density at radius 2 is 1.40 bits per heavy atom. The van der Waals surface area contributed by atoms with Gasteiger partial charge >= 0.3 is 6.03 Å². The Bertz CT molecular complexity index is 1400. The number of benzene rings is 4. The van der Waals surface area contributed by atoms with Crippen LogP contribution in [-0.4, -0.2) is 35.7 Å². The van der Waals surface area contributed by atoms with Crippen LogP contribution in [0.25, 0.3) is 0 Å². The zero-order valence-electron chi connectivity index (χ0n) is 24.1. The van der Waals surface area contributed by atoms with Gasteiger partial charge in [0.05, 0.1) is 18.8 Å². The topological polar surface area (TPSA) is 83.1 Å². The molecule has 0 saturated carbocycles. The third-order valence-electron chi connectivity index (χ3n) is 7.65. The fraction of sp³-hybridized carbons (Fsp3) is 0.286. The second kappa shape index (κ2) is 14.2. The molecule has 1 aliphatic rings. The number of ether oxygens (including phenoxy) is 2. The van der Waals surface area contributed by atoms with Gasteiger partial charge in [0.2, 0.25) is 0 Å². The Balaban J connectivity index is 1.28. The molecule has 0 radical (unpaired) electrons. The summed E-state index contributed by atoms with van der Waals surface area (Å²) in [7, 11) is 2.11. The van der Waals surface area contributed by atoms with Crippen molar-refractivity contribution in [2.45, 2.75) is 45.1 Å². The minimum atomic E-state index is -0.570. The molecule has 4 atom stereocenters. The number of amides is 2. The van der Waals surface area contributed by atoms with Crippen molar-refractivity contribution in [1.82, 2.24) is 10.2 Å². The lowest BCUT2D eigenvalue weighted by atomic mass is 9.90. The molecule has 42 heavy (non-hydrogen) atoms. The van der Waals surface area contributed by atoms with E-state index in [-0.39, 0.29) is 30.8 Å². The molecule has 2 amide bonds. The first-order valence-electron chi connectivity index (χ1n) is 14.4. The number of rotatable bonds is 10. The van der Waals surface area contributed by atoms with Gasteiger partial charge in [-0.2, -0.15) is 0 Å². The second-order valence-electron chi connectivity index (χ2n) is 10.9. The van der Waals surface area contributed by atoms with Crippen molar-refractivity contribution < 1.29 is 19.4 Å². The van der Waals surface area contributed by atoms with Crippen molar-refractivity contribution >= 4 is 11.7 Å². The van der Waals surface area contributed by atoms with Gasteiger partial charge in [0.15, 0.2) is 6.29 Å². The van der Waals surface area contributed by atoms with Crippen LogP contribution in [0.1, 0.15) is 47.1 Å². The summed E-state index contributed by atoms with van der Waals surface area (Å²) in [4.78, 5) is 14.7. The van der Waals surface area contributed by atoms with E-state index in [1.165, 1.54) is 5.56 Å². The lowest BCUT2D eigenvalue weighted by Crippen LogP contribution is -2.43. The van der Waals surface area contributed by atoms with Crippen molar-refractivity contribution in [1.29, 1.82) is 0 Å². The van der Waals surface area contributed by atoms with E-state index in [1.54, 1.807) is 0 Å². The molecule has 1 saturated heterocycles. The molecule has 1 fully saturated rings. The van der Waals surface area contributed by atoms with Crippen molar-refractivity contribution in [2.75, 3.05) is 18.9 Å². The fourth-order valence-electron chi connectivity index (χ4n) is 5.27. The molecule has 7 nitrogen and oxygen atoms in total. The van der Waals surface area contributed by atoms with Crippen LogP contribution in [-0.2, 0) is 29.2 Å². The normalized spacial score (nSPS) is 20.3. The van der Waals surface area contributed by atoms with Gasteiger partial charge in [0, 0.05) is 36.8 Å². The Morgan fingerprint density at radius 1 is 0.786 bits per heavy atom. The van der Waals surface area contributed by atoms with Crippen molar-refractivity contribution in [3.8, 4) is 0 Å². The highest BCUT2D eigenvalue weighted by atomic mass is 16.7. The smallest absolute Gasteiger partial charge is 0.319 e. The summed E-state index contributed by atoms with van der Waals surface area (Å²) in [6.45, 7) is 4.19. The van der Waals surface area contributed by atoms with Gasteiger partial charge in [-0.25, -0.2) is 4.79 Å². The van der Waals surface area contributed by atoms with Gasteiger partial charge in [0.25, 0.3) is 0 Å². The van der Waals surface area contributed by atoms with Crippen LogP contribution < -0.4 is 10.6 Å². The molecule has 4 aromatic rings. The van der Waals surface area contributed by atoms with Crippen LogP contribution in [0.3, 0.4) is 0 Å². The van der Waals surface area contributed by atoms with Crippen LogP contribution in [0.2, 0.25) is 0 Å². The molecule has 218 valence electrons. The third kappa shape index (κ3) is 7.84. The number of nitrogens with zero attached hydrogens (tertiary/aromatic N) is 1. The number of hydrogen-bond acceptors (Lipinski definition) is 5. The quantitative estimate of drug-likeness (QED) is 0.207. The van der Waals surface area contributed by atoms with Gasteiger partial charge in [-0.3, -0.25) is 4.90 Å². The van der Waals surface area contributed by atoms with Crippen LogP contribution >= 0.6 is 0 Å². The predicted molar refractivity (Wildman–Crippen MR) is 164 cm³/mol. The first-order chi connectivity index (χ1) is 20.5. The maximum atomic E-state index is 12.4. The van der Waals surface area contributed by atoms with Crippen molar-refractivity contribution in [3.63, 3.8) is 0 Å². The second-order valence-corrected chi connectivity index (χ2v) is 10.9. The Labute approximate surface area is 248 Å². The molecule has 0 aliphatic carbocycles. The average Bonchev–Trinajstić information content (AvgIpc) is 3.02. The van der Waals surface area contributed by atoms with E-state index in [2.05, 4.69) is 53.8 Å². The van der Waals surface area contributed by atoms with E-state index in [9.17, 15) is 9.90 Å². The molecule has 0 unspecified atom stereocenters. The standard InChI is InChI=1S/C35H39N3O4/c1-25-32(23-38(2)22-27-11-7-4-8-12-27)41-34(42-33(25)29-15-13-28(24-39)14-16-29)30-17-19-31(20-18-30)37-35(40)36-21-26-9-5-3-6-10-26/h3-20,25,32-34,39H,21-24H2,1-2H3,(H2,36,37,40)/t25-,32+,33+,34+/m1/s1. The van der Waals surface area contributed by atoms with Crippen molar-refractivity contribution in [3.05, 3.63) is 137 Å². The number of likely N-dealkylation sites (N-methyl/N-ethyl adjacent to an activating group) is 1. The molecule has 0 aromatic heterocycles. The highest BCUT2D eigenvalue weighted by Gasteiger charge is 2.38. The average molecular weight is 566 g/mol. The number of hydrogen-bond donors (Lipinski definition) is 3. The molecule has 4 aromatic carbocycles. The Hall–Kier alpha value is -4.01. The van der Waals surface area contributed by atoms with E-state index < -0.39 is 6.29 Å². The van der Waals surface area contributed by atoms with E-state index >= 15 is 0 Å². The molecule has 0 bridgehead atoms.